The number of benzene rings is 5. The molecule has 588 valence electrons. The van der Waals surface area contributed by atoms with Gasteiger partial charge in [0.2, 0.25) is 0 Å². The molecule has 5 aromatic rings. The standard InChI is InChI=1S/C22H25BFNO5.C18H26FNO4.C17H24FNO4.C13H18FNO2.C4H8O2.C4H8O.ClH/c1-13(2)20(22(27)29-11-15-5-8-17(24)9-6-15)25(4)21(26)18-10-7-16-12-30-23(28)19(16)14(18)3;1-12(2)15(20(6)17(22)24-18(3,4)5)16(21)23-11-13-7-9-14(19)10-8-13;1-11(2)14(19-16(21)23-17(3,4)5)15(20)22-10-12-6-8-13(18)9-7-12;1-9(2)12(15-3)13(16)17-8-10-4-6-11(14)7-5-10;1-3-6-4(2)5;1-2-4-5-3-1;/h5-10,13,20,28H,11-12H2,1-4H3;7-10,12,15H,11H2,1-6H3;6-9,11,14H,10H2,1-5H3,(H,19,21);4-7,9,12,15H,8H2,1-3H3;3H2,1-2H3;1-4H2;1H/t20-;15-;14-;12-;;;/m0000.../s1. The van der Waals surface area contributed by atoms with Crippen LogP contribution in [0.3, 0.4) is 0 Å². The van der Waals surface area contributed by atoms with Crippen molar-refractivity contribution >= 4 is 72.9 Å². The zero-order valence-corrected chi connectivity index (χ0v) is 65.7. The molecule has 0 radical (unpaired) electrons. The zero-order valence-electron chi connectivity index (χ0n) is 64.9. The molecule has 0 unspecified atom stereocenters. The van der Waals surface area contributed by atoms with E-state index in [-0.39, 0.29) is 110 Å². The van der Waals surface area contributed by atoms with E-state index >= 15 is 0 Å². The Labute approximate surface area is 629 Å². The lowest BCUT2D eigenvalue weighted by molar-refractivity contribution is -0.153. The molecular weight excluding hydrogens is 1400 g/mol. The summed E-state index contributed by atoms with van der Waals surface area (Å²) in [4.78, 5) is 98.6. The predicted octanol–water partition coefficient (Wildman–Crippen LogP) is 13.3. The van der Waals surface area contributed by atoms with Crippen LogP contribution < -0.4 is 16.1 Å². The van der Waals surface area contributed by atoms with Crippen molar-refractivity contribution in [1.82, 2.24) is 20.4 Å². The number of nitrogens with zero attached hydrogens (tertiary/aromatic N) is 2. The largest absolute Gasteiger partial charge is 0.492 e. The fraction of sp³-hybridized carbons (Fsp3) is 0.513. The van der Waals surface area contributed by atoms with Crippen LogP contribution in [0.1, 0.15) is 167 Å². The molecule has 0 saturated carbocycles. The maximum absolute atomic E-state index is 13.2. The van der Waals surface area contributed by atoms with Crippen LogP contribution in [0.5, 0.6) is 0 Å². The zero-order chi connectivity index (χ0) is 79.5. The molecule has 2 aliphatic heterocycles. The Morgan fingerprint density at radius 3 is 1.19 bits per heavy atom. The minimum atomic E-state index is -1.06. The van der Waals surface area contributed by atoms with Gasteiger partial charge in [-0.3, -0.25) is 19.3 Å². The van der Waals surface area contributed by atoms with E-state index in [2.05, 4.69) is 15.4 Å². The average molecular weight is 1510 g/mol. The van der Waals surface area contributed by atoms with Crippen LogP contribution in [0.15, 0.2) is 109 Å². The average Bonchev–Trinajstić information content (AvgIpc) is 1.51. The summed E-state index contributed by atoms with van der Waals surface area (Å²) in [5.41, 5.74) is 3.96. The Morgan fingerprint density at radius 1 is 0.528 bits per heavy atom. The van der Waals surface area contributed by atoms with Gasteiger partial charge in [0.1, 0.15) is 85.1 Å². The highest BCUT2D eigenvalue weighted by Gasteiger charge is 2.37. The highest BCUT2D eigenvalue weighted by molar-refractivity contribution is 6.62. The number of fused-ring (bicyclic) bond motifs is 1. The second-order valence-electron chi connectivity index (χ2n) is 27.9. The summed E-state index contributed by atoms with van der Waals surface area (Å²) in [6.07, 6.45) is 1.30. The lowest BCUT2D eigenvalue weighted by atomic mass is 9.75. The summed E-state index contributed by atoms with van der Waals surface area (Å²) >= 11 is 0. The van der Waals surface area contributed by atoms with Gasteiger partial charge < -0.3 is 63.1 Å². The number of esters is 5. The maximum atomic E-state index is 13.2. The SMILES string of the molecule is C1CCOC1.CC(C)[C@@H](C(=O)OCc1ccc(F)cc1)N(C)C(=O)OC(C)(C)C.CC(C)[C@H](NC(=O)OC(C)(C)C)C(=O)OCc1ccc(F)cc1.CCOC(C)=O.CN[C@H](C(=O)OCc1ccc(F)cc1)C(C)C.Cc1c(C(=O)N(C)[C@H](C(=O)OCc2ccc(F)cc2)C(C)C)ccc2c1B(O)OC2.Cl. The van der Waals surface area contributed by atoms with Crippen molar-refractivity contribution in [1.29, 1.82) is 0 Å². The summed E-state index contributed by atoms with van der Waals surface area (Å²) in [6.45, 7) is 33.2. The number of carbonyl (C=O) groups is 8. The molecule has 106 heavy (non-hydrogen) atoms. The molecule has 0 spiro atoms. The smallest absolute Gasteiger partial charge is 0.466 e. The first-order valence-electron chi connectivity index (χ1n) is 34.8. The molecule has 3 amide bonds. The fourth-order valence-electron chi connectivity index (χ4n) is 9.92. The number of nitrogens with one attached hydrogen (secondary N) is 2. The maximum Gasteiger partial charge on any atom is 0.492 e. The summed E-state index contributed by atoms with van der Waals surface area (Å²) in [5, 5.41) is 15.5. The highest BCUT2D eigenvalue weighted by atomic mass is 35.5. The Bertz CT molecular complexity index is 3490. The molecule has 28 heteroatoms. The summed E-state index contributed by atoms with van der Waals surface area (Å²) in [5.74, 6) is -4.16. The van der Waals surface area contributed by atoms with E-state index in [0.717, 1.165) is 24.3 Å². The third kappa shape index (κ3) is 36.1. The van der Waals surface area contributed by atoms with Crippen LogP contribution in [0, 0.1) is 53.9 Å². The van der Waals surface area contributed by atoms with E-state index in [1.165, 1.54) is 97.3 Å². The molecule has 5 aromatic carbocycles. The van der Waals surface area contributed by atoms with Crippen LogP contribution >= 0.6 is 12.4 Å². The van der Waals surface area contributed by atoms with Crippen LogP contribution in [0.25, 0.3) is 0 Å². The van der Waals surface area contributed by atoms with Gasteiger partial charge >= 0.3 is 49.2 Å². The van der Waals surface area contributed by atoms with Crippen LogP contribution in [-0.4, -0.2) is 146 Å². The molecule has 3 N–H and O–H groups in total. The number of likely N-dealkylation sites (N-methyl/N-ethyl adjacent to an activating group) is 3. The first-order valence-corrected chi connectivity index (χ1v) is 34.8. The number of hydrogen-bond donors (Lipinski definition) is 3. The first-order chi connectivity index (χ1) is 49.1. The number of halogens is 5. The molecule has 0 aromatic heterocycles. The van der Waals surface area contributed by atoms with Crippen molar-refractivity contribution < 1.29 is 103 Å². The fourth-order valence-corrected chi connectivity index (χ4v) is 9.92. The molecule has 1 fully saturated rings. The third-order valence-electron chi connectivity index (χ3n) is 15.2. The van der Waals surface area contributed by atoms with E-state index in [9.17, 15) is 60.9 Å². The summed E-state index contributed by atoms with van der Waals surface area (Å²) < 4.78 is 97.5. The van der Waals surface area contributed by atoms with Gasteiger partial charge in [-0.05, 0) is 192 Å². The van der Waals surface area contributed by atoms with Crippen LogP contribution in [-0.2, 0) is 99.6 Å². The molecule has 7 rings (SSSR count). The lowest BCUT2D eigenvalue weighted by Crippen LogP contribution is -2.48. The van der Waals surface area contributed by atoms with Gasteiger partial charge in [0.25, 0.3) is 5.91 Å². The van der Waals surface area contributed by atoms with Crippen molar-refractivity contribution in [2.75, 3.05) is 41.0 Å². The molecule has 4 atom stereocenters. The summed E-state index contributed by atoms with van der Waals surface area (Å²) in [7, 11) is 3.74. The van der Waals surface area contributed by atoms with Gasteiger partial charge in [-0.25, -0.2) is 41.5 Å². The number of hydrogen-bond acceptors (Lipinski definition) is 19. The van der Waals surface area contributed by atoms with Gasteiger partial charge in [0.05, 0.1) is 13.2 Å². The van der Waals surface area contributed by atoms with Gasteiger partial charge in [-0.15, -0.1) is 12.4 Å². The number of alkyl carbamates (subject to hydrolysis) is 1. The number of carbonyl (C=O) groups excluding carboxylic acids is 8. The van der Waals surface area contributed by atoms with E-state index in [0.29, 0.717) is 46.5 Å². The second-order valence-corrected chi connectivity index (χ2v) is 27.9. The van der Waals surface area contributed by atoms with Crippen LogP contribution in [0.2, 0.25) is 0 Å². The molecule has 0 bridgehead atoms. The van der Waals surface area contributed by atoms with Crippen molar-refractivity contribution in [3.05, 3.63) is 171 Å². The van der Waals surface area contributed by atoms with Crippen molar-refractivity contribution in [2.45, 2.75) is 199 Å². The predicted molar refractivity (Wildman–Crippen MR) is 397 cm³/mol. The number of amides is 3. The van der Waals surface area contributed by atoms with Gasteiger partial charge in [0, 0.05) is 39.8 Å². The van der Waals surface area contributed by atoms with E-state index in [1.807, 2.05) is 41.5 Å². The molecule has 2 aliphatic rings. The lowest BCUT2D eigenvalue weighted by Gasteiger charge is -2.31. The van der Waals surface area contributed by atoms with Crippen molar-refractivity contribution in [3.63, 3.8) is 0 Å². The van der Waals surface area contributed by atoms with E-state index in [4.69, 9.17) is 37.8 Å². The Hall–Kier alpha value is -8.63. The molecular formula is C78H110BClF4N4O18. The van der Waals surface area contributed by atoms with E-state index < -0.39 is 66.5 Å². The van der Waals surface area contributed by atoms with Gasteiger partial charge in [-0.1, -0.05) is 110 Å². The number of ether oxygens (including phenoxy) is 8. The second kappa shape index (κ2) is 47.8. The quantitative estimate of drug-likeness (QED) is 0.0251. The molecule has 22 nitrogen and oxygen atoms in total. The van der Waals surface area contributed by atoms with Crippen molar-refractivity contribution in [2.24, 2.45) is 23.7 Å². The highest BCUT2D eigenvalue weighted by Crippen LogP contribution is 2.23. The number of rotatable bonds is 22. The van der Waals surface area contributed by atoms with Gasteiger partial charge in [0.15, 0.2) is 0 Å². The topological polar surface area (TPSA) is 270 Å². The Morgan fingerprint density at radius 2 is 0.887 bits per heavy atom. The normalized spacial score (nSPS) is 13.1. The van der Waals surface area contributed by atoms with Crippen LogP contribution in [0.4, 0.5) is 27.2 Å². The molecule has 1 saturated heterocycles. The van der Waals surface area contributed by atoms with Gasteiger partial charge in [-0.2, -0.15) is 0 Å². The minimum Gasteiger partial charge on any atom is -0.466 e. The molecule has 2 heterocycles. The first kappa shape index (κ1) is 95.4. The third-order valence-corrected chi connectivity index (χ3v) is 15.2. The minimum absolute atomic E-state index is 0. The Kier molecular flexibility index (Phi) is 43.0. The molecule has 0 aliphatic carbocycles. The summed E-state index contributed by atoms with van der Waals surface area (Å²) in [6, 6.07) is 23.7. The monoisotopic (exact) mass is 1510 g/mol. The Balaban J connectivity index is 0.000000679. The van der Waals surface area contributed by atoms with E-state index in [1.54, 1.807) is 132 Å². The van der Waals surface area contributed by atoms with Crippen molar-refractivity contribution in [3.8, 4) is 0 Å².